The van der Waals surface area contributed by atoms with Gasteiger partial charge in [-0.2, -0.15) is 5.10 Å². The van der Waals surface area contributed by atoms with Crippen molar-refractivity contribution in [2.75, 3.05) is 7.11 Å². The van der Waals surface area contributed by atoms with Crippen molar-refractivity contribution in [2.24, 2.45) is 11.0 Å². The molecule has 3 aromatic rings. The second kappa shape index (κ2) is 13.1. The molecular formula is C27H26Cl2FN3O4. The van der Waals surface area contributed by atoms with E-state index in [-0.39, 0.29) is 18.1 Å². The zero-order valence-corrected chi connectivity index (χ0v) is 21.9. The molecule has 0 aliphatic rings. The largest absolute Gasteiger partial charge is 0.493 e. The van der Waals surface area contributed by atoms with Gasteiger partial charge in [0.05, 0.1) is 18.9 Å². The molecule has 0 aliphatic carbocycles. The number of benzene rings is 3. The number of halogens is 3. The number of carbonyl (C=O) groups is 2. The molecule has 0 saturated carbocycles. The SMILES string of the molecule is COc1cc(/C=N/NC(=O)C(NC(=O)c2ccccc2F)C(C)C)ccc1OCc1ccc(Cl)cc1Cl. The standard InChI is InChI=1S/C27H26Cl2FN3O4/c1-16(2)25(32-26(34)20-6-4-5-7-22(20)30)27(35)33-31-14-17-8-11-23(24(12-17)36-3)37-15-18-9-10-19(28)13-21(18)29/h4-14,16,25H,15H2,1-3H3,(H,32,34)(H,33,35)/b31-14+. The lowest BCUT2D eigenvalue weighted by molar-refractivity contribution is -0.123. The van der Waals surface area contributed by atoms with Gasteiger partial charge in [0.15, 0.2) is 11.5 Å². The van der Waals surface area contributed by atoms with Gasteiger partial charge in [0.2, 0.25) is 0 Å². The summed E-state index contributed by atoms with van der Waals surface area (Å²) in [5.74, 6) is -1.21. The molecule has 194 valence electrons. The second-order valence-electron chi connectivity index (χ2n) is 8.34. The third-order valence-corrected chi connectivity index (χ3v) is 5.92. The summed E-state index contributed by atoms with van der Waals surface area (Å²) in [5, 5.41) is 7.58. The van der Waals surface area contributed by atoms with Crippen LogP contribution in [0.4, 0.5) is 4.39 Å². The summed E-state index contributed by atoms with van der Waals surface area (Å²) >= 11 is 12.1. The second-order valence-corrected chi connectivity index (χ2v) is 9.19. The van der Waals surface area contributed by atoms with E-state index in [9.17, 15) is 14.0 Å². The quantitative estimate of drug-likeness (QED) is 0.255. The van der Waals surface area contributed by atoms with Crippen molar-refractivity contribution in [3.05, 3.63) is 93.2 Å². The van der Waals surface area contributed by atoms with Gasteiger partial charge in [-0.1, -0.05) is 55.2 Å². The monoisotopic (exact) mass is 545 g/mol. The zero-order valence-electron chi connectivity index (χ0n) is 20.4. The maximum Gasteiger partial charge on any atom is 0.262 e. The van der Waals surface area contributed by atoms with Crippen LogP contribution in [0.3, 0.4) is 0 Å². The molecule has 2 amide bonds. The molecule has 10 heteroatoms. The van der Waals surface area contributed by atoms with Crippen molar-refractivity contribution < 1.29 is 23.5 Å². The number of rotatable bonds is 10. The van der Waals surface area contributed by atoms with Crippen LogP contribution in [-0.4, -0.2) is 31.2 Å². The lowest BCUT2D eigenvalue weighted by atomic mass is 10.0. The maximum absolute atomic E-state index is 13.9. The highest BCUT2D eigenvalue weighted by Gasteiger charge is 2.25. The summed E-state index contributed by atoms with van der Waals surface area (Å²) in [6, 6.07) is 14.9. The molecule has 7 nitrogen and oxygen atoms in total. The van der Waals surface area contributed by atoms with E-state index < -0.39 is 23.7 Å². The summed E-state index contributed by atoms with van der Waals surface area (Å²) < 4.78 is 25.2. The minimum Gasteiger partial charge on any atom is -0.493 e. The number of methoxy groups -OCH3 is 1. The van der Waals surface area contributed by atoms with Gasteiger partial charge in [0, 0.05) is 15.6 Å². The number of hydrazone groups is 1. The summed E-state index contributed by atoms with van der Waals surface area (Å²) in [7, 11) is 1.51. The van der Waals surface area contributed by atoms with Gasteiger partial charge in [0.1, 0.15) is 18.5 Å². The van der Waals surface area contributed by atoms with Crippen LogP contribution in [0.5, 0.6) is 11.5 Å². The van der Waals surface area contributed by atoms with Crippen LogP contribution >= 0.6 is 23.2 Å². The number of carbonyl (C=O) groups excluding carboxylic acids is 2. The van der Waals surface area contributed by atoms with E-state index in [1.54, 1.807) is 56.3 Å². The van der Waals surface area contributed by atoms with Crippen LogP contribution < -0.4 is 20.2 Å². The lowest BCUT2D eigenvalue weighted by Crippen LogP contribution is -2.48. The van der Waals surface area contributed by atoms with Gasteiger partial charge in [-0.05, 0) is 53.9 Å². The molecule has 0 radical (unpaired) electrons. The van der Waals surface area contributed by atoms with E-state index in [0.29, 0.717) is 27.1 Å². The number of amides is 2. The maximum atomic E-state index is 13.9. The number of hydrogen-bond acceptors (Lipinski definition) is 5. The molecule has 0 aliphatic heterocycles. The molecule has 0 heterocycles. The molecule has 0 spiro atoms. The topological polar surface area (TPSA) is 89.0 Å². The van der Waals surface area contributed by atoms with E-state index in [0.717, 1.165) is 5.56 Å². The Morgan fingerprint density at radius 3 is 2.49 bits per heavy atom. The Labute approximate surface area is 224 Å². The molecule has 0 bridgehead atoms. The highest BCUT2D eigenvalue weighted by Crippen LogP contribution is 2.29. The van der Waals surface area contributed by atoms with Gasteiger partial charge in [-0.3, -0.25) is 9.59 Å². The highest BCUT2D eigenvalue weighted by atomic mass is 35.5. The lowest BCUT2D eigenvalue weighted by Gasteiger charge is -2.20. The fourth-order valence-electron chi connectivity index (χ4n) is 3.32. The predicted octanol–water partition coefficient (Wildman–Crippen LogP) is 5.62. The van der Waals surface area contributed by atoms with Crippen LogP contribution in [0.25, 0.3) is 0 Å². The molecule has 0 saturated heterocycles. The van der Waals surface area contributed by atoms with Crippen LogP contribution in [-0.2, 0) is 11.4 Å². The molecule has 0 aromatic heterocycles. The molecule has 2 N–H and O–H groups in total. The third-order valence-electron chi connectivity index (χ3n) is 5.33. The zero-order chi connectivity index (χ0) is 26.9. The van der Waals surface area contributed by atoms with E-state index in [4.69, 9.17) is 32.7 Å². The highest BCUT2D eigenvalue weighted by molar-refractivity contribution is 6.35. The van der Waals surface area contributed by atoms with Crippen molar-refractivity contribution in [1.29, 1.82) is 0 Å². The van der Waals surface area contributed by atoms with Gasteiger partial charge >= 0.3 is 0 Å². The van der Waals surface area contributed by atoms with Gasteiger partial charge < -0.3 is 14.8 Å². The van der Waals surface area contributed by atoms with Crippen molar-refractivity contribution >= 4 is 41.2 Å². The normalized spacial score (nSPS) is 11.9. The molecule has 1 atom stereocenters. The van der Waals surface area contributed by atoms with Crippen LogP contribution in [0.2, 0.25) is 10.0 Å². The van der Waals surface area contributed by atoms with Crippen LogP contribution in [0.15, 0.2) is 65.8 Å². The molecule has 0 fully saturated rings. The molecule has 37 heavy (non-hydrogen) atoms. The van der Waals surface area contributed by atoms with Crippen molar-refractivity contribution in [3.8, 4) is 11.5 Å². The minimum atomic E-state index is -0.922. The summed E-state index contributed by atoms with van der Waals surface area (Å²) in [6.07, 6.45) is 1.43. The first kappa shape index (κ1) is 28.0. The fraction of sp³-hybridized carbons (Fsp3) is 0.222. The van der Waals surface area contributed by atoms with E-state index >= 15 is 0 Å². The van der Waals surface area contributed by atoms with Crippen molar-refractivity contribution in [1.82, 2.24) is 10.7 Å². The molecule has 1 unspecified atom stereocenters. The first-order valence-corrected chi connectivity index (χ1v) is 12.1. The first-order chi connectivity index (χ1) is 17.7. The smallest absolute Gasteiger partial charge is 0.262 e. The predicted molar refractivity (Wildman–Crippen MR) is 142 cm³/mol. The summed E-state index contributed by atoms with van der Waals surface area (Å²) in [5.41, 5.74) is 3.67. The molecule has 3 rings (SSSR count). The van der Waals surface area contributed by atoms with Crippen LogP contribution in [0.1, 0.15) is 35.3 Å². The van der Waals surface area contributed by atoms with E-state index in [1.165, 1.54) is 31.5 Å². The van der Waals surface area contributed by atoms with Gasteiger partial charge in [-0.15, -0.1) is 0 Å². The summed E-state index contributed by atoms with van der Waals surface area (Å²) in [6.45, 7) is 3.73. The van der Waals surface area contributed by atoms with Crippen molar-refractivity contribution in [2.45, 2.75) is 26.5 Å². The number of hydrogen-bond donors (Lipinski definition) is 2. The Kier molecular flexibility index (Phi) is 9.88. The van der Waals surface area contributed by atoms with Gasteiger partial charge in [0.25, 0.3) is 11.8 Å². The van der Waals surface area contributed by atoms with Crippen molar-refractivity contribution in [3.63, 3.8) is 0 Å². The number of nitrogens with one attached hydrogen (secondary N) is 2. The average Bonchev–Trinajstić information content (AvgIpc) is 2.87. The average molecular weight is 546 g/mol. The van der Waals surface area contributed by atoms with E-state index in [1.807, 2.05) is 0 Å². The van der Waals surface area contributed by atoms with Gasteiger partial charge in [-0.25, -0.2) is 9.82 Å². The summed E-state index contributed by atoms with van der Waals surface area (Å²) in [4.78, 5) is 25.1. The number of ether oxygens (including phenoxy) is 2. The molecule has 3 aromatic carbocycles. The Bertz CT molecular complexity index is 1300. The first-order valence-electron chi connectivity index (χ1n) is 11.3. The Balaban J connectivity index is 1.63. The Morgan fingerprint density at radius 2 is 1.81 bits per heavy atom. The Hall–Kier alpha value is -3.62. The number of nitrogens with zero attached hydrogens (tertiary/aromatic N) is 1. The molecular weight excluding hydrogens is 520 g/mol. The minimum absolute atomic E-state index is 0.141. The third kappa shape index (κ3) is 7.68. The van der Waals surface area contributed by atoms with Crippen LogP contribution in [0, 0.1) is 11.7 Å². The Morgan fingerprint density at radius 1 is 1.05 bits per heavy atom. The fourth-order valence-corrected chi connectivity index (χ4v) is 3.78. The van der Waals surface area contributed by atoms with E-state index in [2.05, 4.69) is 15.8 Å².